The van der Waals surface area contributed by atoms with Crippen LogP contribution in [0.2, 0.25) is 0 Å². The van der Waals surface area contributed by atoms with E-state index in [0.717, 1.165) is 15.4 Å². The lowest BCUT2D eigenvalue weighted by atomic mass is 9.90. The third kappa shape index (κ3) is 16.0. The average molecular weight is 1440 g/mol. The number of nitrogens with zero attached hydrogens (tertiary/aromatic N) is 4. The summed E-state index contributed by atoms with van der Waals surface area (Å²) in [4.78, 5) is 174. The lowest BCUT2D eigenvalue weighted by Crippen LogP contribution is -2.63. The first-order chi connectivity index (χ1) is 48.3. The van der Waals surface area contributed by atoms with Gasteiger partial charge in [-0.15, -0.1) is 0 Å². The maximum absolute atomic E-state index is 14.6. The largest absolute Gasteiger partial charge is 0.450 e. The normalized spacial score (nSPS) is 32.5. The van der Waals surface area contributed by atoms with Gasteiger partial charge in [0.1, 0.15) is 84.0 Å². The van der Waals surface area contributed by atoms with Gasteiger partial charge in [-0.3, -0.25) is 47.9 Å². The summed E-state index contributed by atoms with van der Waals surface area (Å²) in [6, 6.07) is -0.334. The van der Waals surface area contributed by atoms with E-state index in [9.17, 15) is 78.0 Å². The summed E-state index contributed by atoms with van der Waals surface area (Å²) in [5.41, 5.74) is -0.643. The van der Waals surface area contributed by atoms with Crippen LogP contribution in [-0.2, 0) is 78.2 Å². The van der Waals surface area contributed by atoms with Crippen molar-refractivity contribution in [2.45, 2.75) is 264 Å². The van der Waals surface area contributed by atoms with E-state index in [0.29, 0.717) is 48.2 Å². The topological polar surface area (TPSA) is 413 Å². The van der Waals surface area contributed by atoms with E-state index in [4.69, 9.17) is 9.47 Å². The molecule has 0 radical (unpaired) electrons. The Labute approximate surface area is 600 Å². The zero-order valence-corrected chi connectivity index (χ0v) is 61.6. The Morgan fingerprint density at radius 2 is 0.806 bits per heavy atom. The number of amides is 10. The molecule has 8 heterocycles. The SMILES string of the molecule is CC(C)C[C@@H]1NC(=O)[C@H]2CCCN2C(=O)[C@H](C(C)C)OC(=O)[C@@H](C(C)C)NC(=O)[C@@H]2C[C@@]3(O)c4ccccc4N[C@H]3N2C(=O)[C@@H]([C@H](C)O)NC1=O.Cc1ccc2c(c1)[C@]1(O)C[C@H]3C(=O)N[C@H](C(C)C)C(=O)O[C@@H](C(C)C)C(=O)N4CCC[C@@H]4C(=O)N[C@@H](CC(C)C)C(=O)N[C@H]([C@H](C)O)C(=O)N3[C@@H]1N2. The molecule has 30 heteroatoms. The lowest BCUT2D eigenvalue weighted by molar-refractivity contribution is -0.167. The molecular weight excluding hydrogens is 1330 g/mol. The number of benzene rings is 2. The molecule has 0 aliphatic carbocycles. The van der Waals surface area contributed by atoms with Crippen LogP contribution in [0.5, 0.6) is 0 Å². The van der Waals surface area contributed by atoms with Gasteiger partial charge in [-0.2, -0.15) is 0 Å². The number of nitrogens with one attached hydrogen (secondary N) is 8. The molecule has 8 aliphatic rings. The first kappa shape index (κ1) is 78.7. The molecule has 8 aliphatic heterocycles. The zero-order valence-electron chi connectivity index (χ0n) is 61.6. The predicted molar refractivity (Wildman–Crippen MR) is 373 cm³/mol. The van der Waals surface area contributed by atoms with Crippen LogP contribution >= 0.6 is 0 Å². The molecule has 6 saturated heterocycles. The number of fused-ring (bicyclic) bond motifs is 12. The lowest BCUT2D eigenvalue weighted by Gasteiger charge is -2.36. The number of anilines is 2. The molecule has 6 fully saturated rings. The zero-order chi connectivity index (χ0) is 75.9. The van der Waals surface area contributed by atoms with E-state index in [1.807, 2.05) is 40.7 Å². The van der Waals surface area contributed by atoms with E-state index in [1.165, 1.54) is 23.6 Å². The number of hydrogen-bond acceptors (Lipinski definition) is 20. The molecule has 2 aromatic rings. The summed E-state index contributed by atoms with van der Waals surface area (Å²) in [5, 5.41) is 68.9. The third-order valence-electron chi connectivity index (χ3n) is 20.9. The Morgan fingerprint density at radius 1 is 0.437 bits per heavy atom. The van der Waals surface area contributed by atoms with Crippen molar-refractivity contribution in [2.24, 2.45) is 35.5 Å². The van der Waals surface area contributed by atoms with Crippen LogP contribution in [0.15, 0.2) is 42.5 Å². The fourth-order valence-electron chi connectivity index (χ4n) is 15.5. The summed E-state index contributed by atoms with van der Waals surface area (Å²) < 4.78 is 11.7. The second-order valence-electron chi connectivity index (χ2n) is 31.3. The van der Waals surface area contributed by atoms with Crippen LogP contribution in [0.4, 0.5) is 11.4 Å². The van der Waals surface area contributed by atoms with Crippen molar-refractivity contribution in [3.63, 3.8) is 0 Å². The van der Waals surface area contributed by atoms with Crippen molar-refractivity contribution >= 4 is 82.4 Å². The highest BCUT2D eigenvalue weighted by molar-refractivity contribution is 6.01. The van der Waals surface area contributed by atoms with E-state index >= 15 is 0 Å². The van der Waals surface area contributed by atoms with Gasteiger partial charge >= 0.3 is 11.9 Å². The molecule has 10 amide bonds. The molecule has 2 aromatic carbocycles. The number of aliphatic hydroxyl groups excluding tert-OH is 2. The average Bonchev–Trinajstić information content (AvgIpc) is 1.56. The predicted octanol–water partition coefficient (Wildman–Crippen LogP) is 0.981. The molecule has 0 spiro atoms. The van der Waals surface area contributed by atoms with Crippen LogP contribution in [-0.4, -0.2) is 221 Å². The van der Waals surface area contributed by atoms with Crippen molar-refractivity contribution in [1.82, 2.24) is 51.5 Å². The number of aliphatic hydroxyl groups is 4. The smallest absolute Gasteiger partial charge is 0.329 e. The monoisotopic (exact) mass is 1440 g/mol. The molecule has 10 rings (SSSR count). The van der Waals surface area contributed by atoms with Gasteiger partial charge in [0, 0.05) is 48.4 Å². The Bertz CT molecular complexity index is 3600. The Hall–Kier alpha value is -8.48. The van der Waals surface area contributed by atoms with Crippen LogP contribution < -0.4 is 42.5 Å². The van der Waals surface area contributed by atoms with Gasteiger partial charge in [-0.1, -0.05) is 119 Å². The second kappa shape index (κ2) is 31.5. The maximum Gasteiger partial charge on any atom is 0.329 e. The highest BCUT2D eigenvalue weighted by Gasteiger charge is 2.64. The minimum atomic E-state index is -1.76. The number of rotatable bonds is 10. The molecule has 12 N–H and O–H groups in total. The van der Waals surface area contributed by atoms with Crippen molar-refractivity contribution < 1.29 is 87.4 Å². The van der Waals surface area contributed by atoms with Gasteiger partial charge in [0.05, 0.1) is 12.2 Å². The van der Waals surface area contributed by atoms with Gasteiger partial charge in [0.25, 0.3) is 11.8 Å². The van der Waals surface area contributed by atoms with Crippen molar-refractivity contribution in [3.05, 3.63) is 59.2 Å². The van der Waals surface area contributed by atoms with Gasteiger partial charge < -0.3 is 92.0 Å². The number of hydrogen-bond donors (Lipinski definition) is 12. The minimum Gasteiger partial charge on any atom is -0.450 e. The molecule has 103 heavy (non-hydrogen) atoms. The van der Waals surface area contributed by atoms with Gasteiger partial charge in [-0.25, -0.2) is 9.59 Å². The van der Waals surface area contributed by atoms with E-state index < -0.39 is 203 Å². The van der Waals surface area contributed by atoms with Crippen LogP contribution in [0.1, 0.15) is 165 Å². The number of ether oxygens (including phenoxy) is 2. The molecule has 18 atom stereocenters. The van der Waals surface area contributed by atoms with E-state index in [-0.39, 0.29) is 50.6 Å². The molecule has 0 unspecified atom stereocenters. The highest BCUT2D eigenvalue weighted by atomic mass is 16.6. The fraction of sp³-hybridized carbons (Fsp3) is 0.671. The Balaban J connectivity index is 0.000000239. The van der Waals surface area contributed by atoms with Gasteiger partial charge in [-0.05, 0) is 107 Å². The summed E-state index contributed by atoms with van der Waals surface area (Å²) in [7, 11) is 0. The number of aryl methyl sites for hydroxylation is 1. The summed E-state index contributed by atoms with van der Waals surface area (Å²) >= 11 is 0. The fourth-order valence-corrected chi connectivity index (χ4v) is 15.5. The van der Waals surface area contributed by atoms with Crippen molar-refractivity contribution in [1.29, 1.82) is 0 Å². The van der Waals surface area contributed by atoms with Crippen molar-refractivity contribution in [3.8, 4) is 0 Å². The summed E-state index contributed by atoms with van der Waals surface area (Å²) in [6.07, 6.45) is -6.34. The van der Waals surface area contributed by atoms with Gasteiger partial charge in [0.15, 0.2) is 12.2 Å². The van der Waals surface area contributed by atoms with Gasteiger partial charge in [0.2, 0.25) is 47.3 Å². The first-order valence-corrected chi connectivity index (χ1v) is 36.3. The number of cyclic esters (lactones) is 2. The van der Waals surface area contributed by atoms with Crippen molar-refractivity contribution in [2.75, 3.05) is 23.7 Å². The van der Waals surface area contributed by atoms with E-state index in [1.54, 1.807) is 91.8 Å². The minimum absolute atomic E-state index is 0.0811. The third-order valence-corrected chi connectivity index (χ3v) is 20.9. The van der Waals surface area contributed by atoms with Crippen LogP contribution in [0.3, 0.4) is 0 Å². The highest BCUT2D eigenvalue weighted by Crippen LogP contribution is 2.51. The summed E-state index contributed by atoms with van der Waals surface area (Å²) in [5.74, 6) is -10.9. The molecule has 0 aromatic heterocycles. The van der Waals surface area contributed by atoms with Crippen LogP contribution in [0.25, 0.3) is 0 Å². The molecule has 0 bridgehead atoms. The first-order valence-electron chi connectivity index (χ1n) is 36.3. The quantitative estimate of drug-likeness (QED) is 0.148. The number of para-hydroxylation sites is 1. The number of carbonyl (C=O) groups excluding carboxylic acids is 12. The maximum atomic E-state index is 14.6. The molecule has 30 nitrogen and oxygen atoms in total. The van der Waals surface area contributed by atoms with E-state index in [2.05, 4.69) is 42.5 Å². The standard InChI is InChI=1S/C37H54N6O9.C36H52N6O9/c1-17(2)14-24-30(45)41-28(21(8)44)33(48)43-26(16-37(51)22-15-20(7)11-12-23(22)39-36(37)43)32(47)40-27(18(3)4)35(50)52-29(19(5)6)34(49)42-13-9-10-25(42)31(46)38-24;1-17(2)15-23-29(44)40-27(20(7)43)32(47)42-25(16-36(50)21-11-8-9-12-22(21)38-35(36)42)31(46)39-26(18(3)4)34(49)51-28(19(5)6)33(48)41-14-10-13-24(41)30(45)37-23/h11-12,15,17-19,21,24-29,36,39,44,51H,9-10,13-14,16H2,1-8H3,(H,38,46)(H,40,47)(H,41,45);8-9,11-12,17-20,23-28,35,38,43,50H,10,13-16H2,1-7H3,(H,37,45)(H,39,46)(H,40,44)/t21-,24-,25+,26-,27+,28+,29-,36-,37+;20-,23-,24+,25-,26+,27+,28-,35-,36+/m00/s1. The molecule has 0 saturated carbocycles. The Kier molecular flexibility index (Phi) is 24.0. The number of carbonyl (C=O) groups is 12. The summed E-state index contributed by atoms with van der Waals surface area (Å²) in [6.45, 7) is 26.0. The molecular formula is C73H106N12O18. The van der Waals surface area contributed by atoms with Crippen LogP contribution in [0, 0.1) is 42.4 Å². The second-order valence-corrected chi connectivity index (χ2v) is 31.3. The molecule has 566 valence electrons. The Morgan fingerprint density at radius 3 is 1.18 bits per heavy atom. The number of esters is 2.